The number of nitrogens with zero attached hydrogens (tertiary/aromatic N) is 2. The van der Waals surface area contributed by atoms with Crippen molar-refractivity contribution in [3.05, 3.63) is 69.8 Å². The van der Waals surface area contributed by atoms with E-state index in [9.17, 15) is 4.79 Å². The first-order valence-corrected chi connectivity index (χ1v) is 8.76. The Morgan fingerprint density at radius 1 is 1.11 bits per heavy atom. The molecule has 1 heterocycles. The highest BCUT2D eigenvalue weighted by Crippen LogP contribution is 2.26. The second-order valence-corrected chi connectivity index (χ2v) is 6.47. The molecule has 140 valence electrons. The molecular weight excluding hydrogens is 389 g/mol. The predicted octanol–water partition coefficient (Wildman–Crippen LogP) is 4.51. The van der Waals surface area contributed by atoms with Gasteiger partial charge in [0.1, 0.15) is 17.3 Å². The van der Waals surface area contributed by atoms with Crippen LogP contribution in [0.3, 0.4) is 0 Å². The first-order valence-electron chi connectivity index (χ1n) is 8.01. The average molecular weight is 406 g/mol. The van der Waals surface area contributed by atoms with Gasteiger partial charge in [0.05, 0.1) is 32.5 Å². The zero-order chi connectivity index (χ0) is 19.4. The largest absolute Gasteiger partial charge is 0.497 e. The highest BCUT2D eigenvalue weighted by Gasteiger charge is 2.16. The third-order valence-corrected chi connectivity index (χ3v) is 4.53. The summed E-state index contributed by atoms with van der Waals surface area (Å²) in [5, 5.41) is 8.19. The van der Waals surface area contributed by atoms with E-state index in [1.807, 2.05) is 6.07 Å². The van der Waals surface area contributed by atoms with Crippen LogP contribution in [-0.4, -0.2) is 29.9 Å². The van der Waals surface area contributed by atoms with Crippen LogP contribution >= 0.6 is 23.2 Å². The van der Waals surface area contributed by atoms with Gasteiger partial charge >= 0.3 is 0 Å². The summed E-state index contributed by atoms with van der Waals surface area (Å²) in [4.78, 5) is 12.7. The Balaban J connectivity index is 1.81. The fraction of sp³-hybridized carbons (Fsp3) is 0.158. The molecule has 0 bridgehead atoms. The third kappa shape index (κ3) is 4.35. The van der Waals surface area contributed by atoms with E-state index < -0.39 is 0 Å². The smallest absolute Gasteiger partial charge is 0.260 e. The summed E-state index contributed by atoms with van der Waals surface area (Å²) in [5.41, 5.74) is 1.22. The maximum atomic E-state index is 12.7. The number of methoxy groups -OCH3 is 2. The van der Waals surface area contributed by atoms with Gasteiger partial charge in [-0.2, -0.15) is 5.10 Å². The number of carbonyl (C=O) groups is 1. The van der Waals surface area contributed by atoms with Crippen molar-refractivity contribution in [2.75, 3.05) is 19.5 Å². The maximum absolute atomic E-state index is 12.7. The number of anilines is 1. The molecule has 0 atom stereocenters. The Bertz CT molecular complexity index is 973. The van der Waals surface area contributed by atoms with Gasteiger partial charge in [-0.25, -0.2) is 4.68 Å². The summed E-state index contributed by atoms with van der Waals surface area (Å²) in [5.74, 6) is 1.23. The minimum atomic E-state index is -0.321. The van der Waals surface area contributed by atoms with Crippen LogP contribution in [-0.2, 0) is 6.54 Å². The fourth-order valence-corrected chi connectivity index (χ4v) is 3.01. The number of rotatable bonds is 6. The molecule has 27 heavy (non-hydrogen) atoms. The first kappa shape index (κ1) is 19.1. The van der Waals surface area contributed by atoms with Crippen molar-refractivity contribution in [1.82, 2.24) is 9.78 Å². The SMILES string of the molecule is COc1ccc(C(=O)Nc2ccnn2Cc2ccc(Cl)cc2Cl)c(OC)c1. The monoisotopic (exact) mass is 405 g/mol. The number of halogens is 2. The standard InChI is InChI=1S/C19H17Cl2N3O3/c1-26-14-5-6-15(17(10-14)27-2)19(25)23-18-7-8-22-24(18)11-12-3-4-13(20)9-16(12)21/h3-10H,11H2,1-2H3,(H,23,25). The lowest BCUT2D eigenvalue weighted by Crippen LogP contribution is -2.17. The summed E-state index contributed by atoms with van der Waals surface area (Å²) >= 11 is 12.2. The van der Waals surface area contributed by atoms with Gasteiger partial charge < -0.3 is 14.8 Å². The van der Waals surface area contributed by atoms with E-state index in [2.05, 4.69) is 10.4 Å². The van der Waals surface area contributed by atoms with Gasteiger partial charge in [0.2, 0.25) is 0 Å². The van der Waals surface area contributed by atoms with Gasteiger partial charge in [0.25, 0.3) is 5.91 Å². The van der Waals surface area contributed by atoms with Crippen molar-refractivity contribution in [2.45, 2.75) is 6.54 Å². The van der Waals surface area contributed by atoms with E-state index in [0.717, 1.165) is 5.56 Å². The lowest BCUT2D eigenvalue weighted by molar-refractivity contribution is 0.102. The quantitative estimate of drug-likeness (QED) is 0.655. The van der Waals surface area contributed by atoms with E-state index in [1.54, 1.807) is 54.4 Å². The Hall–Kier alpha value is -2.70. The molecule has 0 spiro atoms. The molecule has 0 unspecified atom stereocenters. The normalized spacial score (nSPS) is 10.5. The van der Waals surface area contributed by atoms with Crippen molar-refractivity contribution in [2.24, 2.45) is 0 Å². The number of hydrogen-bond acceptors (Lipinski definition) is 4. The van der Waals surface area contributed by atoms with Crippen LogP contribution in [0.5, 0.6) is 11.5 Å². The van der Waals surface area contributed by atoms with Crippen LogP contribution in [0.25, 0.3) is 0 Å². The van der Waals surface area contributed by atoms with E-state index in [-0.39, 0.29) is 5.91 Å². The molecule has 1 amide bonds. The molecule has 0 saturated heterocycles. The van der Waals surface area contributed by atoms with Crippen molar-refractivity contribution in [3.8, 4) is 11.5 Å². The second kappa shape index (κ2) is 8.33. The number of benzene rings is 2. The topological polar surface area (TPSA) is 65.4 Å². The molecule has 0 radical (unpaired) electrons. The summed E-state index contributed by atoms with van der Waals surface area (Å²) < 4.78 is 12.1. The van der Waals surface area contributed by atoms with Crippen molar-refractivity contribution >= 4 is 34.9 Å². The lowest BCUT2D eigenvalue weighted by atomic mass is 10.1. The predicted molar refractivity (Wildman–Crippen MR) is 105 cm³/mol. The molecule has 3 aromatic rings. The van der Waals surface area contributed by atoms with Gasteiger partial charge in [-0.05, 0) is 29.8 Å². The highest BCUT2D eigenvalue weighted by molar-refractivity contribution is 6.35. The van der Waals surface area contributed by atoms with Crippen molar-refractivity contribution in [3.63, 3.8) is 0 Å². The van der Waals surface area contributed by atoms with E-state index >= 15 is 0 Å². The van der Waals surface area contributed by atoms with Crippen LogP contribution in [0.15, 0.2) is 48.7 Å². The average Bonchev–Trinajstić information content (AvgIpc) is 3.10. The van der Waals surface area contributed by atoms with Crippen LogP contribution in [0.4, 0.5) is 5.82 Å². The highest BCUT2D eigenvalue weighted by atomic mass is 35.5. The third-order valence-electron chi connectivity index (χ3n) is 3.95. The molecule has 0 saturated carbocycles. The van der Waals surface area contributed by atoms with Gasteiger partial charge in [0.15, 0.2) is 0 Å². The zero-order valence-corrected chi connectivity index (χ0v) is 16.2. The van der Waals surface area contributed by atoms with Gasteiger partial charge in [-0.1, -0.05) is 29.3 Å². The maximum Gasteiger partial charge on any atom is 0.260 e. The summed E-state index contributed by atoms with van der Waals surface area (Å²) in [7, 11) is 3.05. The molecule has 0 aliphatic rings. The number of ether oxygens (including phenoxy) is 2. The van der Waals surface area contributed by atoms with Crippen LogP contribution in [0.2, 0.25) is 10.0 Å². The van der Waals surface area contributed by atoms with Gasteiger partial charge in [-0.3, -0.25) is 4.79 Å². The number of nitrogens with one attached hydrogen (secondary N) is 1. The van der Waals surface area contributed by atoms with E-state index in [0.29, 0.717) is 39.5 Å². The van der Waals surface area contributed by atoms with Crippen LogP contribution in [0.1, 0.15) is 15.9 Å². The van der Waals surface area contributed by atoms with Crippen LogP contribution < -0.4 is 14.8 Å². The number of hydrogen-bond donors (Lipinski definition) is 1. The Morgan fingerprint density at radius 2 is 1.93 bits per heavy atom. The first-order chi connectivity index (χ1) is 13.0. The second-order valence-electron chi connectivity index (χ2n) is 5.63. The lowest BCUT2D eigenvalue weighted by Gasteiger charge is -2.13. The van der Waals surface area contributed by atoms with Gasteiger partial charge in [0, 0.05) is 22.2 Å². The number of carbonyl (C=O) groups excluding carboxylic acids is 1. The number of amides is 1. The summed E-state index contributed by atoms with van der Waals surface area (Å²) in [6.07, 6.45) is 1.60. The Kier molecular flexibility index (Phi) is 5.88. The fourth-order valence-electron chi connectivity index (χ4n) is 2.55. The molecular formula is C19H17Cl2N3O3. The molecule has 0 aliphatic heterocycles. The summed E-state index contributed by atoms with van der Waals surface area (Å²) in [6.45, 7) is 0.387. The van der Waals surface area contributed by atoms with Crippen molar-refractivity contribution < 1.29 is 14.3 Å². The molecule has 1 aromatic heterocycles. The van der Waals surface area contributed by atoms with Crippen molar-refractivity contribution in [1.29, 1.82) is 0 Å². The summed E-state index contributed by atoms with van der Waals surface area (Å²) in [6, 6.07) is 11.9. The zero-order valence-electron chi connectivity index (χ0n) is 14.7. The molecule has 3 rings (SSSR count). The number of aromatic nitrogens is 2. The minimum absolute atomic E-state index is 0.321. The molecule has 8 heteroatoms. The molecule has 0 fully saturated rings. The Morgan fingerprint density at radius 3 is 2.63 bits per heavy atom. The molecule has 6 nitrogen and oxygen atoms in total. The minimum Gasteiger partial charge on any atom is -0.497 e. The van der Waals surface area contributed by atoms with E-state index in [4.69, 9.17) is 32.7 Å². The van der Waals surface area contributed by atoms with Gasteiger partial charge in [-0.15, -0.1) is 0 Å². The van der Waals surface area contributed by atoms with Crippen LogP contribution in [0, 0.1) is 0 Å². The molecule has 1 N–H and O–H groups in total. The van der Waals surface area contributed by atoms with E-state index in [1.165, 1.54) is 7.11 Å². The molecule has 2 aromatic carbocycles. The molecule has 0 aliphatic carbocycles. The Labute approximate surface area is 166 Å².